The second-order valence-electron chi connectivity index (χ2n) is 4.00. The zero-order chi connectivity index (χ0) is 13.5. The molecule has 1 aromatic rings. The average Bonchev–Trinajstić information content (AvgIpc) is 2.36. The highest BCUT2D eigenvalue weighted by Gasteiger charge is 2.12. The third-order valence-corrected chi connectivity index (χ3v) is 2.52. The summed E-state index contributed by atoms with van der Waals surface area (Å²) in [5.41, 5.74) is 1.53. The fraction of sp³-hybridized carbons (Fsp3) is 0.385. The zero-order valence-electron chi connectivity index (χ0n) is 10.5. The molecule has 0 unspecified atom stereocenters. The zero-order valence-corrected chi connectivity index (χ0v) is 10.5. The van der Waals surface area contributed by atoms with E-state index >= 15 is 0 Å². The summed E-state index contributed by atoms with van der Waals surface area (Å²) >= 11 is 0. The van der Waals surface area contributed by atoms with E-state index in [2.05, 4.69) is 0 Å². The molecule has 0 heterocycles. The Morgan fingerprint density at radius 2 is 1.89 bits per heavy atom. The smallest absolute Gasteiger partial charge is 0.305 e. The van der Waals surface area contributed by atoms with Crippen LogP contribution >= 0.6 is 0 Å². The number of benzene rings is 1. The lowest BCUT2D eigenvalue weighted by molar-refractivity contribution is -0.137. The molecular weight excluding hydrogens is 234 g/mol. The molecule has 18 heavy (non-hydrogen) atoms. The van der Waals surface area contributed by atoms with Crippen LogP contribution in [0.15, 0.2) is 24.3 Å². The number of methoxy groups -OCH3 is 1. The number of nitrogens with zero attached hydrogens (tertiary/aromatic N) is 1. The maximum atomic E-state index is 11.9. The van der Waals surface area contributed by atoms with Crippen LogP contribution in [0.25, 0.3) is 0 Å². The van der Waals surface area contributed by atoms with Gasteiger partial charge in [-0.3, -0.25) is 9.59 Å². The maximum absolute atomic E-state index is 11.9. The first-order valence-electron chi connectivity index (χ1n) is 5.59. The van der Waals surface area contributed by atoms with Crippen LogP contribution in [-0.4, -0.2) is 42.6 Å². The molecule has 1 amide bonds. The third-order valence-electron chi connectivity index (χ3n) is 2.52. The van der Waals surface area contributed by atoms with Gasteiger partial charge in [-0.1, -0.05) is 12.1 Å². The van der Waals surface area contributed by atoms with Gasteiger partial charge in [0.15, 0.2) is 0 Å². The van der Waals surface area contributed by atoms with Gasteiger partial charge in [0.05, 0.1) is 13.0 Å². The summed E-state index contributed by atoms with van der Waals surface area (Å²) in [7, 11) is 3.20. The number of hydrogen-bond acceptors (Lipinski definition) is 3. The SMILES string of the molecule is COCc1ccc(C(=O)N(C)CCC(=O)O)cc1. The number of carbonyl (C=O) groups is 2. The molecule has 0 atom stereocenters. The van der Waals surface area contributed by atoms with Crippen molar-refractivity contribution in [2.24, 2.45) is 0 Å². The molecule has 0 aliphatic rings. The Morgan fingerprint density at radius 3 is 2.39 bits per heavy atom. The molecule has 0 aliphatic carbocycles. The van der Waals surface area contributed by atoms with Crippen molar-refractivity contribution in [2.75, 3.05) is 20.7 Å². The summed E-state index contributed by atoms with van der Waals surface area (Å²) in [6, 6.07) is 7.07. The highest BCUT2D eigenvalue weighted by Crippen LogP contribution is 2.08. The molecule has 0 aromatic heterocycles. The van der Waals surface area contributed by atoms with Gasteiger partial charge in [0.2, 0.25) is 0 Å². The van der Waals surface area contributed by atoms with Crippen LogP contribution in [-0.2, 0) is 16.1 Å². The minimum atomic E-state index is -0.912. The number of amides is 1. The van der Waals surface area contributed by atoms with Crippen LogP contribution in [0, 0.1) is 0 Å². The predicted octanol–water partition coefficient (Wildman–Crippen LogP) is 1.38. The first kappa shape index (κ1) is 14.2. The van der Waals surface area contributed by atoms with E-state index in [0.29, 0.717) is 12.2 Å². The number of aliphatic carboxylic acids is 1. The molecule has 0 aliphatic heterocycles. The van der Waals surface area contributed by atoms with Crippen molar-refractivity contribution >= 4 is 11.9 Å². The van der Waals surface area contributed by atoms with Crippen molar-refractivity contribution in [3.8, 4) is 0 Å². The summed E-state index contributed by atoms with van der Waals surface area (Å²) in [4.78, 5) is 23.8. The molecule has 5 nitrogen and oxygen atoms in total. The van der Waals surface area contributed by atoms with Gasteiger partial charge in [-0.15, -0.1) is 0 Å². The summed E-state index contributed by atoms with van der Waals surface area (Å²) in [6.45, 7) is 0.706. The molecule has 0 saturated heterocycles. The number of rotatable bonds is 6. The lowest BCUT2D eigenvalue weighted by Gasteiger charge is -2.16. The van der Waals surface area contributed by atoms with Crippen LogP contribution in [0.2, 0.25) is 0 Å². The van der Waals surface area contributed by atoms with Crippen LogP contribution in [0.3, 0.4) is 0 Å². The average molecular weight is 251 g/mol. The second kappa shape index (κ2) is 6.76. The lowest BCUT2D eigenvalue weighted by atomic mass is 10.1. The summed E-state index contributed by atoms with van der Waals surface area (Å²) in [6.07, 6.45) is -0.0516. The Kier molecular flexibility index (Phi) is 5.32. The Bertz CT molecular complexity index is 414. The molecular formula is C13H17NO4. The van der Waals surface area contributed by atoms with E-state index in [1.807, 2.05) is 12.1 Å². The molecule has 98 valence electrons. The van der Waals surface area contributed by atoms with Crippen LogP contribution in [0.4, 0.5) is 0 Å². The van der Waals surface area contributed by atoms with Gasteiger partial charge in [-0.25, -0.2) is 0 Å². The minimum absolute atomic E-state index is 0.0516. The van der Waals surface area contributed by atoms with Gasteiger partial charge in [-0.2, -0.15) is 0 Å². The Hall–Kier alpha value is -1.88. The molecule has 0 bridgehead atoms. The van der Waals surface area contributed by atoms with E-state index in [1.54, 1.807) is 26.3 Å². The van der Waals surface area contributed by atoms with Gasteiger partial charge in [0.25, 0.3) is 5.91 Å². The molecule has 1 rings (SSSR count). The van der Waals surface area contributed by atoms with E-state index < -0.39 is 5.97 Å². The van der Waals surface area contributed by atoms with Gasteiger partial charge in [0.1, 0.15) is 0 Å². The Morgan fingerprint density at radius 1 is 1.28 bits per heavy atom. The minimum Gasteiger partial charge on any atom is -0.481 e. The van der Waals surface area contributed by atoms with Gasteiger partial charge in [0, 0.05) is 26.3 Å². The highest BCUT2D eigenvalue weighted by atomic mass is 16.5. The van der Waals surface area contributed by atoms with E-state index in [4.69, 9.17) is 9.84 Å². The monoisotopic (exact) mass is 251 g/mol. The second-order valence-corrected chi connectivity index (χ2v) is 4.00. The van der Waals surface area contributed by atoms with Crippen molar-refractivity contribution < 1.29 is 19.4 Å². The van der Waals surface area contributed by atoms with Gasteiger partial charge < -0.3 is 14.7 Å². The van der Waals surface area contributed by atoms with Crippen LogP contribution in [0.5, 0.6) is 0 Å². The highest BCUT2D eigenvalue weighted by molar-refractivity contribution is 5.94. The van der Waals surface area contributed by atoms with E-state index in [9.17, 15) is 9.59 Å². The molecule has 5 heteroatoms. The predicted molar refractivity (Wildman–Crippen MR) is 66.4 cm³/mol. The fourth-order valence-electron chi connectivity index (χ4n) is 1.50. The fourth-order valence-corrected chi connectivity index (χ4v) is 1.50. The number of hydrogen-bond donors (Lipinski definition) is 1. The van der Waals surface area contributed by atoms with E-state index in [-0.39, 0.29) is 18.9 Å². The number of ether oxygens (including phenoxy) is 1. The maximum Gasteiger partial charge on any atom is 0.305 e. The summed E-state index contributed by atoms with van der Waals surface area (Å²) in [5, 5.41) is 8.56. The Labute approximate surface area is 106 Å². The van der Waals surface area contributed by atoms with Crippen molar-refractivity contribution in [3.05, 3.63) is 35.4 Å². The van der Waals surface area contributed by atoms with Gasteiger partial charge >= 0.3 is 5.97 Å². The standard InChI is InChI=1S/C13H17NO4/c1-14(8-7-12(15)16)13(17)11-5-3-10(4-6-11)9-18-2/h3-6H,7-9H2,1-2H3,(H,15,16). The van der Waals surface area contributed by atoms with Crippen molar-refractivity contribution in [3.63, 3.8) is 0 Å². The lowest BCUT2D eigenvalue weighted by Crippen LogP contribution is -2.29. The van der Waals surface area contributed by atoms with Crippen molar-refractivity contribution in [2.45, 2.75) is 13.0 Å². The molecule has 1 aromatic carbocycles. The number of carbonyl (C=O) groups excluding carboxylic acids is 1. The molecule has 0 saturated carbocycles. The first-order chi connectivity index (χ1) is 8.54. The van der Waals surface area contributed by atoms with Crippen LogP contribution < -0.4 is 0 Å². The number of carboxylic acids is 1. The molecule has 0 spiro atoms. The van der Waals surface area contributed by atoms with E-state index in [0.717, 1.165) is 5.56 Å². The Balaban J connectivity index is 2.62. The summed E-state index contributed by atoms with van der Waals surface area (Å²) < 4.78 is 4.98. The summed E-state index contributed by atoms with van der Waals surface area (Å²) in [5.74, 6) is -1.09. The molecule has 0 radical (unpaired) electrons. The van der Waals surface area contributed by atoms with Crippen LogP contribution in [0.1, 0.15) is 22.3 Å². The first-order valence-corrected chi connectivity index (χ1v) is 5.59. The molecule has 1 N–H and O–H groups in total. The molecule has 0 fully saturated rings. The quantitative estimate of drug-likeness (QED) is 0.829. The largest absolute Gasteiger partial charge is 0.481 e. The van der Waals surface area contributed by atoms with E-state index in [1.165, 1.54) is 4.90 Å². The van der Waals surface area contributed by atoms with Crippen molar-refractivity contribution in [1.29, 1.82) is 0 Å². The normalized spacial score (nSPS) is 10.1. The number of carboxylic acid groups (broad SMARTS) is 1. The third kappa shape index (κ3) is 4.18. The van der Waals surface area contributed by atoms with Gasteiger partial charge in [-0.05, 0) is 17.7 Å². The topological polar surface area (TPSA) is 66.8 Å². The van der Waals surface area contributed by atoms with Crippen molar-refractivity contribution in [1.82, 2.24) is 4.90 Å².